The SMILES string of the molecule is [2H]c1ccc2c(c1)c1ccc(C(C)(C)C)cc1n2-c1cccc(-n2c3ccc([2H])cc3c3ccc(C(C)(C)C)cc32)c1. The molecule has 0 aliphatic rings. The van der Waals surface area contributed by atoms with E-state index < -0.39 is 0 Å². The maximum atomic E-state index is 8.34. The Labute approximate surface area is 239 Å². The van der Waals surface area contributed by atoms with Crippen molar-refractivity contribution in [1.82, 2.24) is 9.13 Å². The van der Waals surface area contributed by atoms with Gasteiger partial charge in [-0.05, 0) is 64.4 Å². The van der Waals surface area contributed by atoms with Crippen molar-refractivity contribution in [2.75, 3.05) is 0 Å². The van der Waals surface area contributed by atoms with Gasteiger partial charge in [-0.2, -0.15) is 0 Å². The highest BCUT2D eigenvalue weighted by Crippen LogP contribution is 2.38. The average molecular weight is 523 g/mol. The van der Waals surface area contributed by atoms with Gasteiger partial charge in [-0.15, -0.1) is 0 Å². The Hall–Kier alpha value is -4.30. The third-order valence-corrected chi connectivity index (χ3v) is 8.30. The molecule has 0 unspecified atom stereocenters. The molecule has 0 fully saturated rings. The van der Waals surface area contributed by atoms with Crippen LogP contribution in [-0.4, -0.2) is 9.13 Å². The molecular formula is C38H36N2. The Bertz CT molecular complexity index is 2030. The summed E-state index contributed by atoms with van der Waals surface area (Å²) in [5, 5.41) is 4.51. The van der Waals surface area contributed by atoms with Crippen molar-refractivity contribution in [3.8, 4) is 11.4 Å². The molecule has 40 heavy (non-hydrogen) atoms. The summed E-state index contributed by atoms with van der Waals surface area (Å²) in [5.74, 6) is 0. The van der Waals surface area contributed by atoms with Crippen LogP contribution in [0.25, 0.3) is 55.0 Å². The van der Waals surface area contributed by atoms with Crippen LogP contribution in [-0.2, 0) is 10.8 Å². The average Bonchev–Trinajstić information content (AvgIpc) is 3.43. The number of hydrogen-bond acceptors (Lipinski definition) is 0. The molecular weight excluding hydrogens is 484 g/mol. The second-order valence-electron chi connectivity index (χ2n) is 13.0. The highest BCUT2D eigenvalue weighted by Gasteiger charge is 2.20. The summed E-state index contributed by atoms with van der Waals surface area (Å²) in [7, 11) is 0. The van der Waals surface area contributed by atoms with Crippen molar-refractivity contribution in [3.05, 3.63) is 120 Å². The Morgan fingerprint density at radius 1 is 0.450 bits per heavy atom. The Morgan fingerprint density at radius 3 is 1.30 bits per heavy atom. The monoisotopic (exact) mass is 522 g/mol. The van der Waals surface area contributed by atoms with Crippen LogP contribution in [0.3, 0.4) is 0 Å². The predicted octanol–water partition coefficient (Wildman–Crippen LogP) is 10.5. The third kappa shape index (κ3) is 3.78. The second-order valence-corrected chi connectivity index (χ2v) is 13.0. The van der Waals surface area contributed by atoms with Gasteiger partial charge in [-0.3, -0.25) is 0 Å². The van der Waals surface area contributed by atoms with Crippen LogP contribution in [0.1, 0.15) is 55.4 Å². The molecule has 2 heteroatoms. The quantitative estimate of drug-likeness (QED) is 0.214. The number of rotatable bonds is 2. The lowest BCUT2D eigenvalue weighted by atomic mass is 9.86. The van der Waals surface area contributed by atoms with Gasteiger partial charge in [-0.25, -0.2) is 0 Å². The highest BCUT2D eigenvalue weighted by atomic mass is 15.0. The smallest absolute Gasteiger partial charge is 0.0623 e. The van der Waals surface area contributed by atoms with E-state index in [-0.39, 0.29) is 10.8 Å². The fourth-order valence-electron chi connectivity index (χ4n) is 6.07. The fourth-order valence-corrected chi connectivity index (χ4v) is 6.07. The van der Waals surface area contributed by atoms with Crippen molar-refractivity contribution in [3.63, 3.8) is 0 Å². The van der Waals surface area contributed by atoms with Crippen LogP contribution in [0.15, 0.2) is 109 Å². The molecule has 7 aromatic rings. The van der Waals surface area contributed by atoms with Gasteiger partial charge >= 0.3 is 0 Å². The molecule has 0 aliphatic heterocycles. The lowest BCUT2D eigenvalue weighted by Gasteiger charge is -2.20. The van der Waals surface area contributed by atoms with Crippen LogP contribution >= 0.6 is 0 Å². The molecule has 0 radical (unpaired) electrons. The third-order valence-electron chi connectivity index (χ3n) is 8.30. The number of nitrogens with zero attached hydrogens (tertiary/aromatic N) is 2. The van der Waals surface area contributed by atoms with Crippen LogP contribution in [0.2, 0.25) is 0 Å². The first-order chi connectivity index (χ1) is 19.9. The van der Waals surface area contributed by atoms with Crippen LogP contribution < -0.4 is 0 Å². The molecule has 2 heterocycles. The Kier molecular flexibility index (Phi) is 4.84. The number of para-hydroxylation sites is 2. The molecule has 2 aromatic heterocycles. The summed E-state index contributed by atoms with van der Waals surface area (Å²) in [5.41, 5.74) is 9.25. The van der Waals surface area contributed by atoms with Crippen molar-refractivity contribution in [2.45, 2.75) is 52.4 Å². The largest absolute Gasteiger partial charge is 0.309 e. The maximum absolute atomic E-state index is 8.34. The van der Waals surface area contributed by atoms with Gasteiger partial charge in [0.1, 0.15) is 0 Å². The van der Waals surface area contributed by atoms with Crippen molar-refractivity contribution >= 4 is 43.6 Å². The molecule has 198 valence electrons. The molecule has 0 saturated heterocycles. The number of hydrogen-bond donors (Lipinski definition) is 0. The van der Waals surface area contributed by atoms with Crippen LogP contribution in [0.4, 0.5) is 0 Å². The maximum Gasteiger partial charge on any atom is 0.0623 e. The highest BCUT2D eigenvalue weighted by molar-refractivity contribution is 6.10. The van der Waals surface area contributed by atoms with Gasteiger partial charge in [0.25, 0.3) is 0 Å². The zero-order valence-electron chi connectivity index (χ0n) is 26.1. The summed E-state index contributed by atoms with van der Waals surface area (Å²) in [6, 6.07) is 35.2. The number of benzene rings is 5. The van der Waals surface area contributed by atoms with E-state index in [9.17, 15) is 0 Å². The minimum Gasteiger partial charge on any atom is -0.309 e. The minimum absolute atomic E-state index is 0.0162. The predicted molar refractivity (Wildman–Crippen MR) is 173 cm³/mol. The lowest BCUT2D eigenvalue weighted by molar-refractivity contribution is 0.590. The van der Waals surface area contributed by atoms with E-state index in [1.807, 2.05) is 24.3 Å². The van der Waals surface area contributed by atoms with E-state index in [0.29, 0.717) is 12.1 Å². The molecule has 0 bridgehead atoms. The van der Waals surface area contributed by atoms with Crippen molar-refractivity contribution in [1.29, 1.82) is 0 Å². The molecule has 0 aliphatic carbocycles. The van der Waals surface area contributed by atoms with E-state index in [2.05, 4.69) is 123 Å². The van der Waals surface area contributed by atoms with Crippen molar-refractivity contribution in [2.24, 2.45) is 0 Å². The van der Waals surface area contributed by atoms with Gasteiger partial charge in [-0.1, -0.05) is 108 Å². The topological polar surface area (TPSA) is 9.86 Å². The normalized spacial score (nSPS) is 13.4. The summed E-state index contributed by atoms with van der Waals surface area (Å²) in [4.78, 5) is 0. The molecule has 2 nitrogen and oxygen atoms in total. The molecule has 0 amide bonds. The Balaban J connectivity index is 1.54. The van der Waals surface area contributed by atoms with Gasteiger partial charge in [0.15, 0.2) is 0 Å². The minimum atomic E-state index is 0.0162. The van der Waals surface area contributed by atoms with E-state index in [4.69, 9.17) is 2.74 Å². The summed E-state index contributed by atoms with van der Waals surface area (Å²) < 4.78 is 21.4. The van der Waals surface area contributed by atoms with E-state index in [0.717, 1.165) is 55.0 Å². The Morgan fingerprint density at radius 2 is 0.875 bits per heavy atom. The molecule has 5 aromatic carbocycles. The number of aromatic nitrogens is 2. The zero-order valence-corrected chi connectivity index (χ0v) is 24.1. The molecule has 0 N–H and O–H groups in total. The zero-order chi connectivity index (χ0) is 29.6. The second kappa shape index (κ2) is 8.60. The molecule has 0 spiro atoms. The first-order valence-electron chi connectivity index (χ1n) is 15.1. The summed E-state index contributed by atoms with van der Waals surface area (Å²) in [6.45, 7) is 13.5. The first kappa shape index (κ1) is 22.5. The first-order valence-corrected chi connectivity index (χ1v) is 14.1. The van der Waals surface area contributed by atoms with Crippen molar-refractivity contribution < 1.29 is 2.74 Å². The molecule has 0 saturated carbocycles. The van der Waals surface area contributed by atoms with E-state index in [1.165, 1.54) is 11.1 Å². The van der Waals surface area contributed by atoms with E-state index >= 15 is 0 Å². The fraction of sp³-hybridized carbons (Fsp3) is 0.211. The standard InChI is InChI=1S/C38H36N2/c1-37(2,3)25-18-20-31-29-14-7-9-16-33(29)39(35(31)22-25)27-12-11-13-28(24-27)40-34-17-10-8-15-30(34)32-21-19-26(23-36(32)40)38(4,5)6/h7-24H,1-6H3/i7D,8D. The number of fused-ring (bicyclic) bond motifs is 6. The van der Waals surface area contributed by atoms with Gasteiger partial charge in [0.05, 0.1) is 24.8 Å². The van der Waals surface area contributed by atoms with Crippen LogP contribution in [0, 0.1) is 0 Å². The van der Waals surface area contributed by atoms with Gasteiger partial charge < -0.3 is 9.13 Å². The van der Waals surface area contributed by atoms with E-state index in [1.54, 1.807) is 0 Å². The molecule has 7 rings (SSSR count). The molecule has 0 atom stereocenters. The van der Waals surface area contributed by atoms with Crippen LogP contribution in [0.5, 0.6) is 0 Å². The summed E-state index contributed by atoms with van der Waals surface area (Å²) in [6.07, 6.45) is 0. The lowest BCUT2D eigenvalue weighted by Crippen LogP contribution is -2.11. The van der Waals surface area contributed by atoms with Gasteiger partial charge in [0, 0.05) is 32.9 Å². The summed E-state index contributed by atoms with van der Waals surface area (Å²) >= 11 is 0. The van der Waals surface area contributed by atoms with Gasteiger partial charge in [0.2, 0.25) is 0 Å².